The highest BCUT2D eigenvalue weighted by atomic mass is 79.9. The second-order valence-electron chi connectivity index (χ2n) is 5.38. The normalized spacial score (nSPS) is 11.0. The smallest absolute Gasteiger partial charge is 0.264 e. The molecule has 2 aromatic carbocycles. The van der Waals surface area contributed by atoms with E-state index in [1.165, 1.54) is 12.1 Å². The van der Waals surface area contributed by atoms with Gasteiger partial charge in [-0.3, -0.25) is 14.5 Å². The average Bonchev–Trinajstić information content (AvgIpc) is 2.65. The van der Waals surface area contributed by atoms with Crippen LogP contribution in [0.4, 0.5) is 5.69 Å². The number of hydrogen-bond donors (Lipinski definition) is 2. The molecule has 9 heteroatoms. The summed E-state index contributed by atoms with van der Waals surface area (Å²) in [7, 11) is -3.95. The number of hydrogen-bond acceptors (Lipinski definition) is 5. The largest absolute Gasteiger partial charge is 0.494 e. The van der Waals surface area contributed by atoms with Crippen molar-refractivity contribution in [1.29, 1.82) is 0 Å². The number of hydrazine groups is 1. The van der Waals surface area contributed by atoms with Crippen molar-refractivity contribution in [3.05, 3.63) is 53.0 Å². The molecule has 0 fully saturated rings. The first-order chi connectivity index (χ1) is 12.4. The lowest BCUT2D eigenvalue weighted by molar-refractivity contribution is -0.119. The molecule has 0 bridgehead atoms. The lowest BCUT2D eigenvalue weighted by atomic mass is 10.3. The molecule has 1 amide bonds. The summed E-state index contributed by atoms with van der Waals surface area (Å²) in [6, 6.07) is 12.7. The number of sulfonamides is 1. The number of nitrogens with zero attached hydrogens (tertiary/aromatic N) is 1. The van der Waals surface area contributed by atoms with Crippen LogP contribution in [0.5, 0.6) is 5.75 Å². The van der Waals surface area contributed by atoms with Crippen molar-refractivity contribution in [2.24, 2.45) is 5.84 Å². The van der Waals surface area contributed by atoms with Crippen LogP contribution < -0.4 is 20.3 Å². The Labute approximate surface area is 161 Å². The van der Waals surface area contributed by atoms with Gasteiger partial charge in [0, 0.05) is 4.47 Å². The summed E-state index contributed by atoms with van der Waals surface area (Å²) in [5, 5.41) is 0. The van der Waals surface area contributed by atoms with Crippen molar-refractivity contribution in [2.75, 3.05) is 17.5 Å². The van der Waals surface area contributed by atoms with Crippen LogP contribution in [0.15, 0.2) is 57.9 Å². The Morgan fingerprint density at radius 3 is 2.31 bits per heavy atom. The lowest BCUT2D eigenvalue weighted by Crippen LogP contribution is -2.43. The number of carbonyl (C=O) groups excluding carboxylic acids is 1. The highest BCUT2D eigenvalue weighted by Crippen LogP contribution is 2.26. The molecule has 2 rings (SSSR count). The van der Waals surface area contributed by atoms with E-state index in [0.717, 1.165) is 15.2 Å². The van der Waals surface area contributed by atoms with E-state index in [1.54, 1.807) is 36.4 Å². The molecular formula is C17H20BrN3O4S. The quantitative estimate of drug-likeness (QED) is 0.372. The Bertz CT molecular complexity index is 839. The maximum atomic E-state index is 13.0. The Kier molecular flexibility index (Phi) is 7.01. The molecule has 0 aliphatic carbocycles. The molecule has 0 aliphatic heterocycles. The van der Waals surface area contributed by atoms with Crippen molar-refractivity contribution < 1.29 is 17.9 Å². The number of carbonyl (C=O) groups is 1. The van der Waals surface area contributed by atoms with Gasteiger partial charge in [0.2, 0.25) is 0 Å². The number of nitrogens with one attached hydrogen (secondary N) is 1. The van der Waals surface area contributed by atoms with Gasteiger partial charge < -0.3 is 4.74 Å². The summed E-state index contributed by atoms with van der Waals surface area (Å²) in [5.74, 6) is 5.13. The molecule has 7 nitrogen and oxygen atoms in total. The number of amides is 1. The molecule has 0 heterocycles. The van der Waals surface area contributed by atoms with Gasteiger partial charge in [0.05, 0.1) is 17.2 Å². The van der Waals surface area contributed by atoms with Crippen molar-refractivity contribution in [3.8, 4) is 5.75 Å². The molecule has 0 aromatic heterocycles. The van der Waals surface area contributed by atoms with Crippen molar-refractivity contribution >= 4 is 37.5 Å². The molecule has 0 atom stereocenters. The Hall–Kier alpha value is -2.10. The predicted molar refractivity (Wildman–Crippen MR) is 103 cm³/mol. The van der Waals surface area contributed by atoms with Gasteiger partial charge in [-0.2, -0.15) is 0 Å². The maximum absolute atomic E-state index is 13.0. The van der Waals surface area contributed by atoms with E-state index >= 15 is 0 Å². The standard InChI is InChI=1S/C17H20BrN3O4S/c1-2-11-25-15-7-5-14(6-8-15)21(12-17(22)20-19)26(23,24)16-9-3-13(18)4-10-16/h3-10H,2,11-12,19H2,1H3,(H,20,22). The van der Waals surface area contributed by atoms with Crippen LogP contribution in [0.1, 0.15) is 13.3 Å². The van der Waals surface area contributed by atoms with Crippen molar-refractivity contribution in [1.82, 2.24) is 5.43 Å². The second kappa shape index (κ2) is 9.02. The highest BCUT2D eigenvalue weighted by Gasteiger charge is 2.27. The number of rotatable bonds is 8. The average molecular weight is 442 g/mol. The van der Waals surface area contributed by atoms with Crippen LogP contribution in [-0.2, 0) is 14.8 Å². The van der Waals surface area contributed by atoms with E-state index in [0.29, 0.717) is 18.0 Å². The van der Waals surface area contributed by atoms with E-state index < -0.39 is 22.5 Å². The zero-order chi connectivity index (χ0) is 19.2. The number of halogens is 1. The summed E-state index contributed by atoms with van der Waals surface area (Å²) in [6.45, 7) is 2.12. The van der Waals surface area contributed by atoms with Gasteiger partial charge >= 0.3 is 0 Å². The second-order valence-corrected chi connectivity index (χ2v) is 8.15. The number of anilines is 1. The van der Waals surface area contributed by atoms with Crippen LogP contribution in [0, 0.1) is 0 Å². The van der Waals surface area contributed by atoms with Crippen LogP contribution in [0.25, 0.3) is 0 Å². The summed E-state index contributed by atoms with van der Waals surface area (Å²) < 4.78 is 33.3. The van der Waals surface area contributed by atoms with Gasteiger partial charge in [0.25, 0.3) is 15.9 Å². The van der Waals surface area contributed by atoms with E-state index in [-0.39, 0.29) is 4.90 Å². The van der Waals surface area contributed by atoms with E-state index in [4.69, 9.17) is 10.6 Å². The first-order valence-corrected chi connectivity index (χ1v) is 10.1. The van der Waals surface area contributed by atoms with Crippen molar-refractivity contribution in [2.45, 2.75) is 18.2 Å². The fourth-order valence-corrected chi connectivity index (χ4v) is 3.84. The topological polar surface area (TPSA) is 102 Å². The zero-order valence-corrected chi connectivity index (χ0v) is 16.6. The first kappa shape index (κ1) is 20.2. The summed E-state index contributed by atoms with van der Waals surface area (Å²) in [5.41, 5.74) is 2.29. The van der Waals surface area contributed by atoms with Crippen LogP contribution in [-0.4, -0.2) is 27.5 Å². The molecule has 140 valence electrons. The highest BCUT2D eigenvalue weighted by molar-refractivity contribution is 9.10. The minimum atomic E-state index is -3.95. The van der Waals surface area contributed by atoms with Gasteiger partial charge in [0.15, 0.2) is 0 Å². The van der Waals surface area contributed by atoms with Gasteiger partial charge in [-0.1, -0.05) is 22.9 Å². The van der Waals surface area contributed by atoms with Gasteiger partial charge in [-0.05, 0) is 55.0 Å². The Balaban J connectivity index is 2.39. The molecule has 0 saturated heterocycles. The minimum Gasteiger partial charge on any atom is -0.494 e. The number of ether oxygens (including phenoxy) is 1. The summed E-state index contributed by atoms with van der Waals surface area (Å²) in [6.07, 6.45) is 0.864. The maximum Gasteiger partial charge on any atom is 0.264 e. The molecule has 0 unspecified atom stereocenters. The Morgan fingerprint density at radius 2 is 1.77 bits per heavy atom. The van der Waals surface area contributed by atoms with E-state index in [1.807, 2.05) is 12.3 Å². The van der Waals surface area contributed by atoms with E-state index in [2.05, 4.69) is 15.9 Å². The molecule has 3 N–H and O–H groups in total. The molecule has 26 heavy (non-hydrogen) atoms. The predicted octanol–water partition coefficient (Wildman–Crippen LogP) is 2.42. The zero-order valence-electron chi connectivity index (χ0n) is 14.2. The molecule has 0 saturated carbocycles. The molecule has 0 spiro atoms. The van der Waals surface area contributed by atoms with Gasteiger partial charge in [-0.15, -0.1) is 0 Å². The number of nitrogens with two attached hydrogens (primary N) is 1. The Morgan fingerprint density at radius 1 is 1.15 bits per heavy atom. The minimum absolute atomic E-state index is 0.0665. The SMILES string of the molecule is CCCOc1ccc(N(CC(=O)NN)S(=O)(=O)c2ccc(Br)cc2)cc1. The molecular weight excluding hydrogens is 422 g/mol. The summed E-state index contributed by atoms with van der Waals surface area (Å²) >= 11 is 3.27. The third-order valence-electron chi connectivity index (χ3n) is 3.45. The van der Waals surface area contributed by atoms with Crippen LogP contribution in [0.3, 0.4) is 0 Å². The fourth-order valence-electron chi connectivity index (χ4n) is 2.15. The first-order valence-electron chi connectivity index (χ1n) is 7.89. The van der Waals surface area contributed by atoms with Crippen molar-refractivity contribution in [3.63, 3.8) is 0 Å². The van der Waals surface area contributed by atoms with Crippen LogP contribution >= 0.6 is 15.9 Å². The summed E-state index contributed by atoms with van der Waals surface area (Å²) in [4.78, 5) is 11.8. The lowest BCUT2D eigenvalue weighted by Gasteiger charge is -2.24. The third-order valence-corrected chi connectivity index (χ3v) is 5.76. The molecule has 0 radical (unpaired) electrons. The number of benzene rings is 2. The molecule has 0 aliphatic rings. The fraction of sp³-hybridized carbons (Fsp3) is 0.235. The third kappa shape index (κ3) is 4.96. The van der Waals surface area contributed by atoms with Crippen LogP contribution in [0.2, 0.25) is 0 Å². The van der Waals surface area contributed by atoms with Gasteiger partial charge in [-0.25, -0.2) is 14.3 Å². The van der Waals surface area contributed by atoms with Gasteiger partial charge in [0.1, 0.15) is 12.3 Å². The van der Waals surface area contributed by atoms with E-state index in [9.17, 15) is 13.2 Å². The molecule has 2 aromatic rings. The monoisotopic (exact) mass is 441 g/mol.